The monoisotopic (exact) mass is 725 g/mol. The number of nitrogens with zero attached hydrogens (tertiary/aromatic N) is 2. The van der Waals surface area contributed by atoms with Crippen LogP contribution in [0.5, 0.6) is 0 Å². The van der Waals surface area contributed by atoms with E-state index in [1.165, 1.54) is 4.90 Å². The van der Waals surface area contributed by atoms with Crippen LogP contribution >= 0.6 is 0 Å². The number of aliphatic imine (C=N–C) groups is 1. The molecule has 20 heteroatoms. The van der Waals surface area contributed by atoms with Gasteiger partial charge in [0.1, 0.15) is 24.2 Å². The van der Waals surface area contributed by atoms with Crippen LogP contribution < -0.4 is 49.5 Å². The lowest BCUT2D eigenvalue weighted by Gasteiger charge is -2.31. The Bertz CT molecular complexity index is 1290. The molecule has 6 atom stereocenters. The van der Waals surface area contributed by atoms with E-state index in [1.54, 1.807) is 27.7 Å². The molecule has 0 unspecified atom stereocenters. The van der Waals surface area contributed by atoms with Gasteiger partial charge in [-0.25, -0.2) is 4.79 Å². The number of carboxylic acids is 1. The van der Waals surface area contributed by atoms with Gasteiger partial charge in [-0.1, -0.05) is 34.1 Å². The van der Waals surface area contributed by atoms with E-state index in [0.717, 1.165) is 0 Å². The molecule has 0 bridgehead atoms. The fraction of sp³-hybridized carbons (Fsp3) is 0.710. The number of nitrogens with one attached hydrogen (secondary N) is 5. The number of carbonyl (C=O) groups is 8. The first-order chi connectivity index (χ1) is 23.9. The van der Waals surface area contributed by atoms with Crippen LogP contribution in [-0.2, 0) is 38.4 Å². The molecule has 0 saturated carbocycles. The van der Waals surface area contributed by atoms with Crippen molar-refractivity contribution in [1.82, 2.24) is 31.5 Å². The Hall–Kier alpha value is -5.01. The predicted octanol–water partition coefficient (Wildman–Crippen LogP) is -3.90. The molecule has 1 aliphatic heterocycles. The molecule has 0 aromatic carbocycles. The summed E-state index contributed by atoms with van der Waals surface area (Å²) < 4.78 is 0. The van der Waals surface area contributed by atoms with Gasteiger partial charge in [0.05, 0.1) is 19.1 Å². The minimum Gasteiger partial charge on any atom is -0.480 e. The Morgan fingerprint density at radius 1 is 0.863 bits per heavy atom. The van der Waals surface area contributed by atoms with Gasteiger partial charge >= 0.3 is 5.97 Å². The molecule has 1 heterocycles. The Labute approximate surface area is 297 Å². The summed E-state index contributed by atoms with van der Waals surface area (Å²) in [6, 6.07) is -5.39. The van der Waals surface area contributed by atoms with E-state index in [4.69, 9.17) is 22.9 Å². The highest BCUT2D eigenvalue weighted by Crippen LogP contribution is 2.21. The molecule has 0 spiro atoms. The van der Waals surface area contributed by atoms with Crippen molar-refractivity contribution in [3.63, 3.8) is 0 Å². The summed E-state index contributed by atoms with van der Waals surface area (Å²) in [6.45, 7) is 6.21. The molecule has 14 N–H and O–H groups in total. The number of rotatable bonds is 22. The Morgan fingerprint density at radius 3 is 2.02 bits per heavy atom. The van der Waals surface area contributed by atoms with Gasteiger partial charge in [0, 0.05) is 19.5 Å². The minimum absolute atomic E-state index is 0.0968. The average molecular weight is 726 g/mol. The van der Waals surface area contributed by atoms with Crippen LogP contribution in [-0.4, -0.2) is 120 Å². The molecule has 288 valence electrons. The molecule has 0 radical (unpaired) electrons. The maximum absolute atomic E-state index is 13.6. The SMILES string of the molecule is CC[C@H](C)[C@H](NC(=O)[C@@H]1CCCN1C(=O)[C@@H](NC(=O)CNC(=O)[C@H](CCC(N)=O)NC(=O)CNC(=O)[C@@H](N)CCCN=C(N)N)C(C)C)C(=O)O. The zero-order chi connectivity index (χ0) is 38.8. The number of carboxylic acid groups (broad SMARTS) is 1. The highest BCUT2D eigenvalue weighted by molar-refractivity contribution is 5.96. The van der Waals surface area contributed by atoms with E-state index in [1.807, 2.05) is 0 Å². The number of primary amides is 1. The summed E-state index contributed by atoms with van der Waals surface area (Å²) in [7, 11) is 0. The number of hydrogen-bond donors (Lipinski definition) is 10. The molecule has 7 amide bonds. The zero-order valence-electron chi connectivity index (χ0n) is 29.7. The molecule has 1 aliphatic rings. The van der Waals surface area contributed by atoms with Crippen LogP contribution in [0.1, 0.15) is 72.6 Å². The summed E-state index contributed by atoms with van der Waals surface area (Å²) in [5.41, 5.74) is 21.5. The van der Waals surface area contributed by atoms with Gasteiger partial charge in [0.25, 0.3) is 0 Å². The Morgan fingerprint density at radius 2 is 1.47 bits per heavy atom. The van der Waals surface area contributed by atoms with Crippen LogP contribution in [0.15, 0.2) is 4.99 Å². The van der Waals surface area contributed by atoms with Crippen molar-refractivity contribution in [2.45, 2.75) is 103 Å². The fourth-order valence-electron chi connectivity index (χ4n) is 5.19. The van der Waals surface area contributed by atoms with Crippen LogP contribution in [0.3, 0.4) is 0 Å². The molecule has 51 heavy (non-hydrogen) atoms. The van der Waals surface area contributed by atoms with Crippen LogP contribution in [0.4, 0.5) is 0 Å². The second kappa shape index (κ2) is 21.9. The van der Waals surface area contributed by atoms with E-state index < -0.39 is 96.5 Å². The number of hydrogen-bond acceptors (Lipinski definition) is 10. The molecule has 0 aromatic heterocycles. The molecule has 20 nitrogen and oxygen atoms in total. The Balaban J connectivity index is 2.82. The van der Waals surface area contributed by atoms with E-state index >= 15 is 0 Å². The standard InChI is InChI=1S/C31H55N11O9/c1-5-17(4)25(30(50)51)41-28(48)20-9-7-13-42(20)29(49)24(16(2)3)40-23(45)15-38-27(47)19(10-11-21(33)43)39-22(44)14-37-26(46)18(32)8-6-12-36-31(34)35/h16-20,24-25H,5-15,32H2,1-4H3,(H2,33,43)(H,37,46)(H,38,47)(H,39,44)(H,40,45)(H,41,48)(H,50,51)(H4,34,35,36)/t17-,18-,19-,20-,24-,25-/m0/s1. The maximum Gasteiger partial charge on any atom is 0.326 e. The largest absolute Gasteiger partial charge is 0.480 e. The minimum atomic E-state index is -1.31. The van der Waals surface area contributed by atoms with Crippen molar-refractivity contribution in [3.05, 3.63) is 0 Å². The summed E-state index contributed by atoms with van der Waals surface area (Å²) in [6.07, 6.45) is 1.48. The number of guanidine groups is 1. The molecule has 1 rings (SSSR count). The summed E-state index contributed by atoms with van der Waals surface area (Å²) in [5, 5.41) is 21.8. The van der Waals surface area contributed by atoms with Crippen LogP contribution in [0.25, 0.3) is 0 Å². The third kappa shape index (κ3) is 15.6. The van der Waals surface area contributed by atoms with Crippen molar-refractivity contribution in [2.75, 3.05) is 26.2 Å². The highest BCUT2D eigenvalue weighted by atomic mass is 16.4. The number of likely N-dealkylation sites (tertiary alicyclic amines) is 1. The lowest BCUT2D eigenvalue weighted by Crippen LogP contribution is -2.58. The molecule has 0 aliphatic carbocycles. The van der Waals surface area contributed by atoms with E-state index in [9.17, 15) is 43.5 Å². The smallest absolute Gasteiger partial charge is 0.326 e. The van der Waals surface area contributed by atoms with Gasteiger partial charge in [0.15, 0.2) is 5.96 Å². The van der Waals surface area contributed by atoms with Gasteiger partial charge in [-0.15, -0.1) is 0 Å². The predicted molar refractivity (Wildman–Crippen MR) is 185 cm³/mol. The maximum atomic E-state index is 13.6. The number of aliphatic carboxylic acids is 1. The first kappa shape index (κ1) is 44.0. The quantitative estimate of drug-likeness (QED) is 0.0291. The lowest BCUT2D eigenvalue weighted by molar-refractivity contribution is -0.146. The van der Waals surface area contributed by atoms with Crippen molar-refractivity contribution < 1.29 is 43.5 Å². The van der Waals surface area contributed by atoms with E-state index in [0.29, 0.717) is 25.7 Å². The number of carbonyl (C=O) groups excluding carboxylic acids is 7. The molecular formula is C31H55N11O9. The van der Waals surface area contributed by atoms with E-state index in [-0.39, 0.29) is 44.2 Å². The van der Waals surface area contributed by atoms with E-state index in [2.05, 4.69) is 31.6 Å². The van der Waals surface area contributed by atoms with Crippen LogP contribution in [0, 0.1) is 11.8 Å². The molecule has 1 fully saturated rings. The Kier molecular flexibility index (Phi) is 18.9. The van der Waals surface area contributed by atoms with Gasteiger partial charge in [-0.3, -0.25) is 38.6 Å². The summed E-state index contributed by atoms with van der Waals surface area (Å²) in [5.74, 6) is -6.93. The topological polar surface area (TPSA) is 337 Å². The second-order valence-corrected chi connectivity index (χ2v) is 12.8. The van der Waals surface area contributed by atoms with Gasteiger partial charge in [-0.05, 0) is 43.9 Å². The molecule has 0 aromatic rings. The number of nitrogens with two attached hydrogens (primary N) is 4. The van der Waals surface area contributed by atoms with Gasteiger partial charge in [0.2, 0.25) is 41.4 Å². The highest BCUT2D eigenvalue weighted by Gasteiger charge is 2.40. The summed E-state index contributed by atoms with van der Waals surface area (Å²) in [4.78, 5) is 106. The van der Waals surface area contributed by atoms with Gasteiger partial charge < -0.3 is 59.5 Å². The second-order valence-electron chi connectivity index (χ2n) is 12.8. The number of amides is 7. The fourth-order valence-corrected chi connectivity index (χ4v) is 5.19. The third-order valence-electron chi connectivity index (χ3n) is 8.35. The normalized spacial score (nSPS) is 16.8. The zero-order valence-corrected chi connectivity index (χ0v) is 29.7. The first-order valence-electron chi connectivity index (χ1n) is 17.0. The average Bonchev–Trinajstić information content (AvgIpc) is 3.56. The van der Waals surface area contributed by atoms with Crippen molar-refractivity contribution in [1.29, 1.82) is 0 Å². The molecular weight excluding hydrogens is 670 g/mol. The van der Waals surface area contributed by atoms with Gasteiger partial charge in [-0.2, -0.15) is 0 Å². The van der Waals surface area contributed by atoms with Crippen LogP contribution in [0.2, 0.25) is 0 Å². The van der Waals surface area contributed by atoms with Crippen molar-refractivity contribution in [2.24, 2.45) is 39.8 Å². The lowest BCUT2D eigenvalue weighted by atomic mass is 9.98. The molecule has 1 saturated heterocycles. The first-order valence-corrected chi connectivity index (χ1v) is 17.0. The van der Waals surface area contributed by atoms with Crippen molar-refractivity contribution in [3.8, 4) is 0 Å². The third-order valence-corrected chi connectivity index (χ3v) is 8.35. The summed E-state index contributed by atoms with van der Waals surface area (Å²) >= 11 is 0. The van der Waals surface area contributed by atoms with Crippen molar-refractivity contribution >= 4 is 53.3 Å².